The van der Waals surface area contributed by atoms with Gasteiger partial charge in [-0.1, -0.05) is 13.8 Å². The largest absolute Gasteiger partial charge is 0.327 e. The summed E-state index contributed by atoms with van der Waals surface area (Å²) in [7, 11) is 2.18. The van der Waals surface area contributed by atoms with E-state index in [0.29, 0.717) is 12.1 Å². The second kappa shape index (κ2) is 7.65. The van der Waals surface area contributed by atoms with E-state index in [4.69, 9.17) is 5.73 Å². The molecule has 0 aromatic carbocycles. The molecule has 0 radical (unpaired) electrons. The fraction of sp³-hybridized carbons (Fsp3) is 1.00. The van der Waals surface area contributed by atoms with Gasteiger partial charge < -0.3 is 10.6 Å². The molecular weight excluding hydrogens is 180 g/mol. The Labute approximate surface area is 87.2 Å². The van der Waals surface area contributed by atoms with E-state index in [1.54, 1.807) is 0 Å². The standard InChI is InChI=1S/C10H24N2S/c1-5-9(11)7-12(3)10(6-2)8-13-4/h9-10H,5-8,11H2,1-4H3. The minimum Gasteiger partial charge on any atom is -0.327 e. The van der Waals surface area contributed by atoms with Crippen molar-refractivity contribution >= 4 is 11.8 Å². The van der Waals surface area contributed by atoms with Crippen molar-refractivity contribution in [2.75, 3.05) is 25.6 Å². The highest BCUT2D eigenvalue weighted by Crippen LogP contribution is 2.08. The average molecular weight is 204 g/mol. The van der Waals surface area contributed by atoms with Crippen molar-refractivity contribution < 1.29 is 0 Å². The van der Waals surface area contributed by atoms with E-state index in [9.17, 15) is 0 Å². The Kier molecular flexibility index (Phi) is 7.81. The number of nitrogens with zero attached hydrogens (tertiary/aromatic N) is 1. The molecule has 0 fully saturated rings. The van der Waals surface area contributed by atoms with Crippen LogP contribution in [-0.2, 0) is 0 Å². The highest BCUT2D eigenvalue weighted by molar-refractivity contribution is 7.98. The van der Waals surface area contributed by atoms with E-state index < -0.39 is 0 Å². The number of likely N-dealkylation sites (N-methyl/N-ethyl adjacent to an activating group) is 1. The summed E-state index contributed by atoms with van der Waals surface area (Å²) in [6, 6.07) is 1.02. The molecule has 0 spiro atoms. The third-order valence-corrected chi connectivity index (χ3v) is 3.22. The van der Waals surface area contributed by atoms with Gasteiger partial charge in [-0.05, 0) is 26.1 Å². The third kappa shape index (κ3) is 5.55. The van der Waals surface area contributed by atoms with Crippen LogP contribution in [0.1, 0.15) is 26.7 Å². The summed E-state index contributed by atoms with van der Waals surface area (Å²) in [6.07, 6.45) is 4.45. The van der Waals surface area contributed by atoms with Crippen LogP contribution in [0.2, 0.25) is 0 Å². The molecular formula is C10H24N2S. The lowest BCUT2D eigenvalue weighted by molar-refractivity contribution is 0.239. The Bertz CT molecular complexity index is 119. The van der Waals surface area contributed by atoms with Crippen LogP contribution in [0.5, 0.6) is 0 Å². The average Bonchev–Trinajstić information content (AvgIpc) is 2.13. The van der Waals surface area contributed by atoms with E-state index >= 15 is 0 Å². The number of hydrogen-bond donors (Lipinski definition) is 1. The van der Waals surface area contributed by atoms with Crippen molar-refractivity contribution in [3.8, 4) is 0 Å². The molecule has 0 aliphatic rings. The molecule has 0 saturated carbocycles. The fourth-order valence-corrected chi connectivity index (χ4v) is 2.27. The molecule has 3 heteroatoms. The second-order valence-electron chi connectivity index (χ2n) is 3.63. The van der Waals surface area contributed by atoms with Gasteiger partial charge in [0.1, 0.15) is 0 Å². The van der Waals surface area contributed by atoms with Crippen molar-refractivity contribution in [2.45, 2.75) is 38.8 Å². The summed E-state index contributed by atoms with van der Waals surface area (Å²) in [5.41, 5.74) is 5.91. The van der Waals surface area contributed by atoms with Crippen molar-refractivity contribution in [2.24, 2.45) is 5.73 Å². The molecule has 0 heterocycles. The van der Waals surface area contributed by atoms with Gasteiger partial charge in [0, 0.05) is 24.4 Å². The summed E-state index contributed by atoms with van der Waals surface area (Å²) >= 11 is 1.91. The molecule has 13 heavy (non-hydrogen) atoms. The molecule has 0 bridgehead atoms. The topological polar surface area (TPSA) is 29.3 Å². The first-order chi connectivity index (χ1) is 6.15. The van der Waals surface area contributed by atoms with Crippen LogP contribution in [0, 0.1) is 0 Å². The molecule has 0 aliphatic carbocycles. The molecule has 2 unspecified atom stereocenters. The van der Waals surface area contributed by atoms with Gasteiger partial charge >= 0.3 is 0 Å². The molecule has 0 saturated heterocycles. The maximum absolute atomic E-state index is 5.91. The summed E-state index contributed by atoms with van der Waals surface area (Å²) in [6.45, 7) is 5.42. The Morgan fingerprint density at radius 1 is 1.31 bits per heavy atom. The normalized spacial score (nSPS) is 16.2. The Balaban J connectivity index is 3.82. The smallest absolute Gasteiger partial charge is 0.0181 e. The first kappa shape index (κ1) is 13.3. The lowest BCUT2D eigenvalue weighted by Crippen LogP contribution is -2.41. The van der Waals surface area contributed by atoms with Crippen LogP contribution in [0.15, 0.2) is 0 Å². The summed E-state index contributed by atoms with van der Waals surface area (Å²) in [5.74, 6) is 1.21. The molecule has 0 aromatic heterocycles. The summed E-state index contributed by atoms with van der Waals surface area (Å²) < 4.78 is 0. The molecule has 0 aromatic rings. The third-order valence-electron chi connectivity index (χ3n) is 2.50. The lowest BCUT2D eigenvalue weighted by atomic mass is 10.2. The van der Waals surface area contributed by atoms with E-state index in [-0.39, 0.29) is 0 Å². The van der Waals surface area contributed by atoms with Gasteiger partial charge in [0.2, 0.25) is 0 Å². The van der Waals surface area contributed by atoms with Gasteiger partial charge in [-0.2, -0.15) is 11.8 Å². The fourth-order valence-electron chi connectivity index (χ4n) is 1.40. The molecule has 2 N–H and O–H groups in total. The van der Waals surface area contributed by atoms with Gasteiger partial charge in [-0.25, -0.2) is 0 Å². The van der Waals surface area contributed by atoms with Gasteiger partial charge in [0.25, 0.3) is 0 Å². The van der Waals surface area contributed by atoms with Crippen LogP contribution in [-0.4, -0.2) is 42.6 Å². The monoisotopic (exact) mass is 204 g/mol. The predicted octanol–water partition coefficient (Wildman–Crippen LogP) is 1.80. The number of thioether (sulfide) groups is 1. The number of nitrogens with two attached hydrogens (primary N) is 1. The molecule has 0 amide bonds. The van der Waals surface area contributed by atoms with Crippen molar-refractivity contribution in [1.29, 1.82) is 0 Å². The van der Waals surface area contributed by atoms with Crippen LogP contribution in [0.25, 0.3) is 0 Å². The first-order valence-electron chi connectivity index (χ1n) is 5.10. The lowest BCUT2D eigenvalue weighted by Gasteiger charge is -2.28. The first-order valence-corrected chi connectivity index (χ1v) is 6.49. The minimum absolute atomic E-state index is 0.334. The van der Waals surface area contributed by atoms with E-state index in [1.807, 2.05) is 11.8 Å². The molecule has 2 atom stereocenters. The SMILES string of the molecule is CCC(N)CN(C)C(CC)CSC. The quantitative estimate of drug-likeness (QED) is 0.685. The van der Waals surface area contributed by atoms with Crippen molar-refractivity contribution in [3.63, 3.8) is 0 Å². The van der Waals surface area contributed by atoms with Crippen LogP contribution < -0.4 is 5.73 Å². The Hall–Kier alpha value is 0.270. The Morgan fingerprint density at radius 2 is 1.92 bits per heavy atom. The van der Waals surface area contributed by atoms with Crippen molar-refractivity contribution in [3.05, 3.63) is 0 Å². The van der Waals surface area contributed by atoms with Gasteiger partial charge in [-0.3, -0.25) is 0 Å². The molecule has 0 aliphatic heterocycles. The van der Waals surface area contributed by atoms with Gasteiger partial charge in [0.05, 0.1) is 0 Å². The van der Waals surface area contributed by atoms with Crippen molar-refractivity contribution in [1.82, 2.24) is 4.90 Å². The molecule has 0 rings (SSSR count). The zero-order chi connectivity index (χ0) is 10.3. The number of hydrogen-bond acceptors (Lipinski definition) is 3. The number of rotatable bonds is 7. The van der Waals surface area contributed by atoms with Crippen LogP contribution in [0.3, 0.4) is 0 Å². The summed E-state index contributed by atoms with van der Waals surface area (Å²) in [5, 5.41) is 0. The highest BCUT2D eigenvalue weighted by Gasteiger charge is 2.13. The van der Waals surface area contributed by atoms with Crippen LogP contribution >= 0.6 is 11.8 Å². The highest BCUT2D eigenvalue weighted by atomic mass is 32.2. The Morgan fingerprint density at radius 3 is 2.31 bits per heavy atom. The van der Waals surface area contributed by atoms with Gasteiger partial charge in [-0.15, -0.1) is 0 Å². The van der Waals surface area contributed by atoms with E-state index in [0.717, 1.165) is 13.0 Å². The maximum atomic E-state index is 5.91. The summed E-state index contributed by atoms with van der Waals surface area (Å²) in [4.78, 5) is 2.39. The molecule has 80 valence electrons. The zero-order valence-corrected chi connectivity index (χ0v) is 10.2. The van der Waals surface area contributed by atoms with E-state index in [2.05, 4.69) is 32.1 Å². The molecule has 2 nitrogen and oxygen atoms in total. The zero-order valence-electron chi connectivity index (χ0n) is 9.42. The minimum atomic E-state index is 0.334. The predicted molar refractivity (Wildman–Crippen MR) is 63.4 cm³/mol. The van der Waals surface area contributed by atoms with Crippen LogP contribution in [0.4, 0.5) is 0 Å². The van der Waals surface area contributed by atoms with Gasteiger partial charge in [0.15, 0.2) is 0 Å². The maximum Gasteiger partial charge on any atom is 0.0181 e. The van der Waals surface area contributed by atoms with E-state index in [1.165, 1.54) is 12.2 Å². The second-order valence-corrected chi connectivity index (χ2v) is 4.54.